The van der Waals surface area contributed by atoms with E-state index in [-0.39, 0.29) is 0 Å². The van der Waals surface area contributed by atoms with Crippen molar-refractivity contribution < 1.29 is 19.1 Å². The Bertz CT molecular complexity index is 746. The summed E-state index contributed by atoms with van der Waals surface area (Å²) in [5.74, 6) is -0.0919. The third kappa shape index (κ3) is 6.12. The van der Waals surface area contributed by atoms with Crippen molar-refractivity contribution in [2.45, 2.75) is 13.8 Å². The molecule has 0 saturated carbocycles. The molecule has 5 nitrogen and oxygen atoms in total. The summed E-state index contributed by atoms with van der Waals surface area (Å²) in [4.78, 5) is 23.9. The zero-order valence-electron chi connectivity index (χ0n) is 14.1. The lowest BCUT2D eigenvalue weighted by Crippen LogP contribution is -2.21. The topological polar surface area (TPSA) is 64.6 Å². The molecule has 0 aliphatic rings. The van der Waals surface area contributed by atoms with Crippen LogP contribution in [0.2, 0.25) is 5.02 Å². The zero-order chi connectivity index (χ0) is 18.2. The number of esters is 1. The first-order valence-corrected chi connectivity index (χ1v) is 8.28. The minimum Gasteiger partial charge on any atom is -0.493 e. The van der Waals surface area contributed by atoms with Crippen molar-refractivity contribution >= 4 is 29.2 Å². The van der Waals surface area contributed by atoms with Crippen molar-refractivity contribution in [1.29, 1.82) is 0 Å². The van der Waals surface area contributed by atoms with E-state index < -0.39 is 18.5 Å². The first kappa shape index (κ1) is 18.8. The van der Waals surface area contributed by atoms with Crippen LogP contribution in [-0.2, 0) is 9.53 Å². The average Bonchev–Trinajstić information content (AvgIpc) is 2.60. The highest BCUT2D eigenvalue weighted by molar-refractivity contribution is 6.33. The third-order valence-corrected chi connectivity index (χ3v) is 3.46. The molecule has 6 heteroatoms. The molecule has 2 rings (SSSR count). The molecule has 0 atom stereocenters. The summed E-state index contributed by atoms with van der Waals surface area (Å²) in [7, 11) is 0. The highest BCUT2D eigenvalue weighted by atomic mass is 35.5. The fourth-order valence-electron chi connectivity index (χ4n) is 1.94. The third-order valence-electron chi connectivity index (χ3n) is 3.14. The number of hydrogen-bond acceptors (Lipinski definition) is 4. The summed E-state index contributed by atoms with van der Waals surface area (Å²) < 4.78 is 10.6. The molecule has 0 unspecified atom stereocenters. The van der Waals surface area contributed by atoms with Gasteiger partial charge < -0.3 is 14.8 Å². The molecule has 0 bridgehead atoms. The van der Waals surface area contributed by atoms with Crippen LogP contribution in [-0.4, -0.2) is 25.1 Å². The first-order chi connectivity index (χ1) is 12.0. The molecule has 0 saturated heterocycles. The molecule has 0 heterocycles. The van der Waals surface area contributed by atoms with Crippen LogP contribution in [0.5, 0.6) is 5.75 Å². The molecule has 0 spiro atoms. The zero-order valence-corrected chi connectivity index (χ0v) is 14.9. The first-order valence-electron chi connectivity index (χ1n) is 7.90. The fraction of sp³-hybridized carbons (Fsp3) is 0.263. The number of rotatable bonds is 7. The van der Waals surface area contributed by atoms with Gasteiger partial charge >= 0.3 is 5.97 Å². The number of hydrogen-bond donors (Lipinski definition) is 1. The van der Waals surface area contributed by atoms with Crippen LogP contribution in [0, 0.1) is 5.92 Å². The van der Waals surface area contributed by atoms with Crippen LogP contribution in [0.15, 0.2) is 48.5 Å². The Hall–Kier alpha value is -2.53. The molecule has 0 radical (unpaired) electrons. The molecule has 1 N–H and O–H groups in total. The van der Waals surface area contributed by atoms with Crippen LogP contribution in [0.1, 0.15) is 24.2 Å². The van der Waals surface area contributed by atoms with Crippen molar-refractivity contribution in [3.05, 3.63) is 59.1 Å². The average molecular weight is 362 g/mol. The summed E-state index contributed by atoms with van der Waals surface area (Å²) in [5.41, 5.74) is 0.793. The summed E-state index contributed by atoms with van der Waals surface area (Å²) in [6.45, 7) is 4.23. The number of amides is 1. The highest BCUT2D eigenvalue weighted by Crippen LogP contribution is 2.20. The van der Waals surface area contributed by atoms with Gasteiger partial charge in [-0.15, -0.1) is 0 Å². The predicted octanol–water partition coefficient (Wildman–Crippen LogP) is 4.17. The Morgan fingerprint density at radius 2 is 1.88 bits per heavy atom. The van der Waals surface area contributed by atoms with Gasteiger partial charge in [0.25, 0.3) is 5.91 Å². The van der Waals surface area contributed by atoms with Crippen LogP contribution < -0.4 is 10.1 Å². The van der Waals surface area contributed by atoms with Crippen LogP contribution in [0.25, 0.3) is 0 Å². The Balaban J connectivity index is 1.88. The van der Waals surface area contributed by atoms with Crippen molar-refractivity contribution in [3.8, 4) is 5.75 Å². The smallest absolute Gasteiger partial charge is 0.338 e. The van der Waals surface area contributed by atoms with E-state index in [0.29, 0.717) is 34.5 Å². The highest BCUT2D eigenvalue weighted by Gasteiger charge is 2.12. The summed E-state index contributed by atoms with van der Waals surface area (Å²) in [5, 5.41) is 3.00. The van der Waals surface area contributed by atoms with Gasteiger partial charge in [0, 0.05) is 0 Å². The van der Waals surface area contributed by atoms with Crippen molar-refractivity contribution in [3.63, 3.8) is 0 Å². The van der Waals surface area contributed by atoms with E-state index in [9.17, 15) is 9.59 Å². The maximum atomic E-state index is 12.1. The van der Waals surface area contributed by atoms with E-state index in [1.165, 1.54) is 0 Å². The maximum Gasteiger partial charge on any atom is 0.338 e. The van der Waals surface area contributed by atoms with Gasteiger partial charge in [-0.1, -0.05) is 43.6 Å². The minimum absolute atomic E-state index is 0.326. The van der Waals surface area contributed by atoms with Crippen molar-refractivity contribution in [1.82, 2.24) is 0 Å². The lowest BCUT2D eigenvalue weighted by molar-refractivity contribution is -0.119. The monoisotopic (exact) mass is 361 g/mol. The number of halogens is 1. The Labute approximate surface area is 151 Å². The van der Waals surface area contributed by atoms with E-state index in [2.05, 4.69) is 5.32 Å². The van der Waals surface area contributed by atoms with E-state index in [0.717, 1.165) is 0 Å². The van der Waals surface area contributed by atoms with Gasteiger partial charge in [0.05, 0.1) is 22.9 Å². The van der Waals surface area contributed by atoms with Gasteiger partial charge in [0.2, 0.25) is 0 Å². The number of carbonyl (C=O) groups is 2. The number of para-hydroxylation sites is 1. The Morgan fingerprint density at radius 1 is 1.12 bits per heavy atom. The van der Waals surface area contributed by atoms with Crippen molar-refractivity contribution in [2.75, 3.05) is 18.5 Å². The lowest BCUT2D eigenvalue weighted by atomic mass is 10.2. The number of nitrogens with one attached hydrogen (secondary N) is 1. The molecule has 132 valence electrons. The molecule has 2 aromatic rings. The second-order valence-electron chi connectivity index (χ2n) is 5.84. The molecule has 0 aliphatic carbocycles. The van der Waals surface area contributed by atoms with Gasteiger partial charge in [0.15, 0.2) is 6.61 Å². The van der Waals surface area contributed by atoms with Crippen LogP contribution in [0.3, 0.4) is 0 Å². The van der Waals surface area contributed by atoms with Crippen LogP contribution in [0.4, 0.5) is 5.69 Å². The quantitative estimate of drug-likeness (QED) is 0.752. The molecule has 25 heavy (non-hydrogen) atoms. The summed E-state index contributed by atoms with van der Waals surface area (Å²) in [6, 6.07) is 13.5. The molecular weight excluding hydrogens is 342 g/mol. The van der Waals surface area contributed by atoms with Gasteiger partial charge in [-0.05, 0) is 36.2 Å². The molecule has 0 fully saturated rings. The normalized spacial score (nSPS) is 10.4. The second-order valence-corrected chi connectivity index (χ2v) is 6.24. The van der Waals surface area contributed by atoms with Gasteiger partial charge in [0.1, 0.15) is 5.75 Å². The Morgan fingerprint density at radius 3 is 2.60 bits per heavy atom. The number of ether oxygens (including phenoxy) is 2. The maximum absolute atomic E-state index is 12.1. The predicted molar refractivity (Wildman–Crippen MR) is 97.1 cm³/mol. The second kappa shape index (κ2) is 9.08. The fourth-order valence-corrected chi connectivity index (χ4v) is 2.12. The van der Waals surface area contributed by atoms with E-state index in [1.807, 2.05) is 13.8 Å². The van der Waals surface area contributed by atoms with E-state index >= 15 is 0 Å². The van der Waals surface area contributed by atoms with Crippen molar-refractivity contribution in [2.24, 2.45) is 5.92 Å². The summed E-state index contributed by atoms with van der Waals surface area (Å²) >= 11 is 5.96. The number of benzene rings is 2. The Kier molecular flexibility index (Phi) is 6.83. The molecule has 0 aliphatic heterocycles. The standard InChI is InChI=1S/C19H20ClNO4/c1-13(2)11-24-15-7-5-6-14(10-15)19(23)25-12-18(22)21-17-9-4-3-8-16(17)20/h3-10,13H,11-12H2,1-2H3,(H,21,22). The van der Waals surface area contributed by atoms with E-state index in [4.69, 9.17) is 21.1 Å². The minimum atomic E-state index is -0.593. The molecule has 2 aromatic carbocycles. The molecule has 0 aromatic heterocycles. The number of anilines is 1. The summed E-state index contributed by atoms with van der Waals surface area (Å²) in [6.07, 6.45) is 0. The SMILES string of the molecule is CC(C)COc1cccc(C(=O)OCC(=O)Nc2ccccc2Cl)c1. The van der Waals surface area contributed by atoms with Crippen LogP contribution >= 0.6 is 11.6 Å². The number of carbonyl (C=O) groups excluding carboxylic acids is 2. The molecule has 1 amide bonds. The van der Waals surface area contributed by atoms with Gasteiger partial charge in [-0.25, -0.2) is 4.79 Å². The largest absolute Gasteiger partial charge is 0.493 e. The van der Waals surface area contributed by atoms with Gasteiger partial charge in [-0.3, -0.25) is 4.79 Å². The lowest BCUT2D eigenvalue weighted by Gasteiger charge is -2.10. The van der Waals surface area contributed by atoms with E-state index in [1.54, 1.807) is 48.5 Å². The molecular formula is C19H20ClNO4. The van der Waals surface area contributed by atoms with Gasteiger partial charge in [-0.2, -0.15) is 0 Å².